The van der Waals surface area contributed by atoms with Crippen molar-refractivity contribution in [3.05, 3.63) is 36.7 Å². The number of hydrogen-bond donors (Lipinski definition) is 1. The first-order chi connectivity index (χ1) is 8.90. The van der Waals surface area contributed by atoms with E-state index in [9.17, 15) is 8.42 Å². The third-order valence-corrected chi connectivity index (χ3v) is 5.18. The summed E-state index contributed by atoms with van der Waals surface area (Å²) in [5.41, 5.74) is 5.47. The van der Waals surface area contributed by atoms with Gasteiger partial charge in [-0.3, -0.25) is 4.98 Å². The molecule has 19 heavy (non-hydrogen) atoms. The van der Waals surface area contributed by atoms with Gasteiger partial charge in [0.05, 0.1) is 4.90 Å². The summed E-state index contributed by atoms with van der Waals surface area (Å²) in [5.74, 6) is 0. The molecular formula is C13H15N3O2S. The van der Waals surface area contributed by atoms with Gasteiger partial charge >= 0.3 is 0 Å². The first-order valence-electron chi connectivity index (χ1n) is 6.02. The van der Waals surface area contributed by atoms with Gasteiger partial charge in [0, 0.05) is 41.8 Å². The molecule has 1 aromatic carbocycles. The van der Waals surface area contributed by atoms with E-state index in [0.717, 1.165) is 5.39 Å². The molecule has 0 spiro atoms. The van der Waals surface area contributed by atoms with Crippen molar-refractivity contribution >= 4 is 20.8 Å². The van der Waals surface area contributed by atoms with Gasteiger partial charge in [-0.25, -0.2) is 8.42 Å². The topological polar surface area (TPSA) is 76.3 Å². The lowest BCUT2D eigenvalue weighted by Crippen LogP contribution is -2.66. The minimum atomic E-state index is -3.47. The first-order valence-corrected chi connectivity index (χ1v) is 7.46. The van der Waals surface area contributed by atoms with Crippen LogP contribution in [-0.4, -0.2) is 36.3 Å². The zero-order valence-electron chi connectivity index (χ0n) is 10.6. The Labute approximate surface area is 112 Å². The number of nitrogens with two attached hydrogens (primary N) is 1. The third kappa shape index (κ3) is 2.01. The van der Waals surface area contributed by atoms with Crippen LogP contribution in [0.5, 0.6) is 0 Å². The molecule has 0 unspecified atom stereocenters. The average Bonchev–Trinajstić information content (AvgIpc) is 2.35. The van der Waals surface area contributed by atoms with Crippen molar-refractivity contribution in [2.45, 2.75) is 17.4 Å². The second-order valence-corrected chi connectivity index (χ2v) is 7.19. The van der Waals surface area contributed by atoms with Crippen LogP contribution in [0.15, 0.2) is 41.6 Å². The van der Waals surface area contributed by atoms with Crippen LogP contribution in [0.1, 0.15) is 6.92 Å². The standard InChI is InChI=1S/C13H15N3O2S/c1-13(14)8-16(9-13)19(17,18)12-4-2-3-10-7-15-6-5-11(10)12/h2-7H,8-9,14H2,1H3. The molecule has 2 aromatic rings. The molecule has 0 saturated carbocycles. The van der Waals surface area contributed by atoms with E-state index in [1.54, 1.807) is 30.6 Å². The summed E-state index contributed by atoms with van der Waals surface area (Å²) in [6.45, 7) is 2.57. The van der Waals surface area contributed by atoms with E-state index < -0.39 is 15.6 Å². The smallest absolute Gasteiger partial charge is 0.243 e. The van der Waals surface area contributed by atoms with E-state index in [4.69, 9.17) is 5.73 Å². The Balaban J connectivity index is 2.10. The van der Waals surface area contributed by atoms with Gasteiger partial charge in [-0.05, 0) is 19.1 Å². The van der Waals surface area contributed by atoms with Gasteiger partial charge in [0.2, 0.25) is 10.0 Å². The zero-order valence-corrected chi connectivity index (χ0v) is 11.4. The van der Waals surface area contributed by atoms with Crippen LogP contribution in [0.3, 0.4) is 0 Å². The fourth-order valence-corrected chi connectivity index (χ4v) is 4.31. The Morgan fingerprint density at radius 2 is 2.05 bits per heavy atom. The van der Waals surface area contributed by atoms with Crippen LogP contribution < -0.4 is 5.73 Å². The summed E-state index contributed by atoms with van der Waals surface area (Å²) in [5, 5.41) is 1.52. The molecule has 3 rings (SSSR count). The maximum absolute atomic E-state index is 12.6. The molecule has 1 fully saturated rings. The van der Waals surface area contributed by atoms with Crippen LogP contribution in [0.4, 0.5) is 0 Å². The number of hydrogen-bond acceptors (Lipinski definition) is 4. The van der Waals surface area contributed by atoms with E-state index in [2.05, 4.69) is 4.98 Å². The highest BCUT2D eigenvalue weighted by Crippen LogP contribution is 2.30. The summed E-state index contributed by atoms with van der Waals surface area (Å²) < 4.78 is 26.6. The van der Waals surface area contributed by atoms with Gasteiger partial charge < -0.3 is 5.73 Å². The van der Waals surface area contributed by atoms with Crippen molar-refractivity contribution in [2.24, 2.45) is 5.73 Å². The van der Waals surface area contributed by atoms with Crippen molar-refractivity contribution in [3.63, 3.8) is 0 Å². The molecule has 0 radical (unpaired) electrons. The van der Waals surface area contributed by atoms with Crippen LogP contribution in [-0.2, 0) is 10.0 Å². The number of pyridine rings is 1. The van der Waals surface area contributed by atoms with Gasteiger partial charge in [0.1, 0.15) is 0 Å². The number of nitrogens with zero attached hydrogens (tertiary/aromatic N) is 2. The molecule has 1 aromatic heterocycles. The normalized spacial score (nSPS) is 19.3. The quantitative estimate of drug-likeness (QED) is 0.887. The Bertz CT molecular complexity index is 727. The second-order valence-electron chi connectivity index (χ2n) is 5.28. The molecule has 100 valence electrons. The lowest BCUT2D eigenvalue weighted by molar-refractivity contribution is 0.176. The van der Waals surface area contributed by atoms with E-state index >= 15 is 0 Å². The monoisotopic (exact) mass is 277 g/mol. The molecule has 5 nitrogen and oxygen atoms in total. The van der Waals surface area contributed by atoms with Gasteiger partial charge in [-0.2, -0.15) is 4.31 Å². The highest BCUT2D eigenvalue weighted by molar-refractivity contribution is 7.89. The van der Waals surface area contributed by atoms with E-state index in [-0.39, 0.29) is 0 Å². The SMILES string of the molecule is CC1(N)CN(S(=O)(=O)c2cccc3cnccc23)C1. The summed E-state index contributed by atoms with van der Waals surface area (Å²) >= 11 is 0. The fraction of sp³-hybridized carbons (Fsp3) is 0.308. The predicted molar refractivity (Wildman–Crippen MR) is 73.1 cm³/mol. The molecular weight excluding hydrogens is 262 g/mol. The molecule has 1 aliphatic rings. The lowest BCUT2D eigenvalue weighted by atomic mass is 9.97. The number of aromatic nitrogens is 1. The molecule has 1 saturated heterocycles. The van der Waals surface area contributed by atoms with E-state index in [1.165, 1.54) is 4.31 Å². The number of benzene rings is 1. The molecule has 0 amide bonds. The molecule has 0 aliphatic carbocycles. The van der Waals surface area contributed by atoms with Crippen LogP contribution in [0.2, 0.25) is 0 Å². The first kappa shape index (κ1) is 12.5. The highest BCUT2D eigenvalue weighted by Gasteiger charge is 2.42. The molecule has 2 N–H and O–H groups in total. The van der Waals surface area contributed by atoms with Gasteiger partial charge in [-0.15, -0.1) is 0 Å². The minimum absolute atomic E-state index is 0.322. The maximum atomic E-state index is 12.6. The second kappa shape index (κ2) is 4.00. The molecule has 0 atom stereocenters. The van der Waals surface area contributed by atoms with E-state index in [1.807, 2.05) is 13.0 Å². The molecule has 0 bridgehead atoms. The van der Waals surface area contributed by atoms with Crippen LogP contribution in [0, 0.1) is 0 Å². The van der Waals surface area contributed by atoms with Crippen molar-refractivity contribution in [2.75, 3.05) is 13.1 Å². The van der Waals surface area contributed by atoms with Gasteiger partial charge in [0.25, 0.3) is 0 Å². The fourth-order valence-electron chi connectivity index (χ4n) is 2.39. The Morgan fingerprint density at radius 3 is 2.74 bits per heavy atom. The number of rotatable bonds is 2. The Hall–Kier alpha value is -1.50. The van der Waals surface area contributed by atoms with Crippen molar-refractivity contribution in [1.82, 2.24) is 9.29 Å². The number of sulfonamides is 1. The van der Waals surface area contributed by atoms with Crippen molar-refractivity contribution in [3.8, 4) is 0 Å². The predicted octanol–water partition coefficient (Wildman–Crippen LogP) is 0.956. The largest absolute Gasteiger partial charge is 0.323 e. The Kier molecular flexibility index (Phi) is 2.63. The molecule has 6 heteroatoms. The zero-order chi connectivity index (χ0) is 13.7. The number of fused-ring (bicyclic) bond motifs is 1. The minimum Gasteiger partial charge on any atom is -0.323 e. The molecule has 2 heterocycles. The van der Waals surface area contributed by atoms with Crippen LogP contribution in [0.25, 0.3) is 10.8 Å². The third-order valence-electron chi connectivity index (χ3n) is 3.33. The van der Waals surface area contributed by atoms with Gasteiger partial charge in [0.15, 0.2) is 0 Å². The van der Waals surface area contributed by atoms with Crippen molar-refractivity contribution in [1.29, 1.82) is 0 Å². The summed E-state index contributed by atoms with van der Waals surface area (Å²) in [7, 11) is -3.47. The van der Waals surface area contributed by atoms with Gasteiger partial charge in [-0.1, -0.05) is 12.1 Å². The Morgan fingerprint density at radius 1 is 1.32 bits per heavy atom. The van der Waals surface area contributed by atoms with Crippen molar-refractivity contribution < 1.29 is 8.42 Å². The highest BCUT2D eigenvalue weighted by atomic mass is 32.2. The molecule has 1 aliphatic heterocycles. The summed E-state index contributed by atoms with van der Waals surface area (Å²) in [6.07, 6.45) is 3.27. The summed E-state index contributed by atoms with van der Waals surface area (Å²) in [6, 6.07) is 6.94. The van der Waals surface area contributed by atoms with E-state index in [0.29, 0.717) is 23.4 Å². The maximum Gasteiger partial charge on any atom is 0.243 e. The van der Waals surface area contributed by atoms with Crippen LogP contribution >= 0.6 is 0 Å². The lowest BCUT2D eigenvalue weighted by Gasteiger charge is -2.44. The average molecular weight is 277 g/mol. The summed E-state index contributed by atoms with van der Waals surface area (Å²) in [4.78, 5) is 4.33.